The van der Waals surface area contributed by atoms with E-state index in [1.165, 1.54) is 11.8 Å². The van der Waals surface area contributed by atoms with E-state index < -0.39 is 5.97 Å². The molecule has 0 amide bonds. The Morgan fingerprint density at radius 3 is 2.56 bits per heavy atom. The summed E-state index contributed by atoms with van der Waals surface area (Å²) in [7, 11) is 1.58. The summed E-state index contributed by atoms with van der Waals surface area (Å²) in [6.07, 6.45) is 1.77. The van der Waals surface area contributed by atoms with E-state index in [-0.39, 0.29) is 17.9 Å². The molecule has 2 aromatic carbocycles. The van der Waals surface area contributed by atoms with Gasteiger partial charge in [-0.2, -0.15) is 0 Å². The zero-order valence-electron chi connectivity index (χ0n) is 15.0. The van der Waals surface area contributed by atoms with Gasteiger partial charge in [-0.05, 0) is 31.2 Å². The summed E-state index contributed by atoms with van der Waals surface area (Å²) in [4.78, 5) is 17.4. The average molecular weight is 381 g/mol. The van der Waals surface area contributed by atoms with E-state index in [1.54, 1.807) is 20.1 Å². The van der Waals surface area contributed by atoms with Crippen LogP contribution in [0.5, 0.6) is 5.75 Å². The van der Waals surface area contributed by atoms with Gasteiger partial charge in [0.1, 0.15) is 22.1 Å². The average Bonchev–Trinajstić information content (AvgIpc) is 2.98. The lowest BCUT2D eigenvalue weighted by molar-refractivity contribution is -0.138. The van der Waals surface area contributed by atoms with E-state index in [9.17, 15) is 9.90 Å². The van der Waals surface area contributed by atoms with Crippen molar-refractivity contribution in [3.8, 4) is 5.75 Å². The van der Waals surface area contributed by atoms with Crippen LogP contribution in [0.3, 0.4) is 0 Å². The zero-order chi connectivity index (χ0) is 19.2. The Morgan fingerprint density at radius 2 is 1.85 bits per heavy atom. The largest absolute Gasteiger partial charge is 0.506 e. The van der Waals surface area contributed by atoms with E-state index in [0.717, 1.165) is 5.56 Å². The van der Waals surface area contributed by atoms with Gasteiger partial charge in [-0.25, -0.2) is 9.79 Å². The topological polar surface area (TPSA) is 68.1 Å². The first kappa shape index (κ1) is 18.8. The van der Waals surface area contributed by atoms with Crippen LogP contribution in [0, 0.1) is 0 Å². The fourth-order valence-electron chi connectivity index (χ4n) is 2.54. The van der Waals surface area contributed by atoms with Crippen LogP contribution in [-0.2, 0) is 9.53 Å². The molecular weight excluding hydrogens is 362 g/mol. The second-order valence-electron chi connectivity index (χ2n) is 5.55. The van der Waals surface area contributed by atoms with Crippen molar-refractivity contribution in [2.75, 3.05) is 13.7 Å². The quantitative estimate of drug-likeness (QED) is 0.747. The number of aliphatic hydroxyl groups is 1. The van der Waals surface area contributed by atoms with Gasteiger partial charge in [-0.3, -0.25) is 0 Å². The van der Waals surface area contributed by atoms with E-state index in [0.29, 0.717) is 21.4 Å². The molecule has 0 aromatic heterocycles. The number of hydrogen-bond donors (Lipinski definition) is 1. The van der Waals surface area contributed by atoms with Gasteiger partial charge in [0.15, 0.2) is 0 Å². The van der Waals surface area contributed by atoms with Crippen molar-refractivity contribution in [2.45, 2.75) is 6.92 Å². The molecule has 27 heavy (non-hydrogen) atoms. The fraction of sp³-hybridized carbons (Fsp3) is 0.143. The normalized spacial score (nSPS) is 16.8. The molecule has 0 aliphatic carbocycles. The predicted octanol–water partition coefficient (Wildman–Crippen LogP) is 4.89. The molecule has 1 aliphatic rings. The van der Waals surface area contributed by atoms with Gasteiger partial charge in [0, 0.05) is 5.56 Å². The van der Waals surface area contributed by atoms with Crippen LogP contribution in [-0.4, -0.2) is 29.8 Å². The first-order valence-corrected chi connectivity index (χ1v) is 9.23. The molecule has 0 bridgehead atoms. The molecule has 0 radical (unpaired) electrons. The van der Waals surface area contributed by atoms with Crippen LogP contribution in [0.4, 0.5) is 5.69 Å². The number of thioether (sulfide) groups is 1. The lowest BCUT2D eigenvalue weighted by atomic mass is 10.1. The molecular formula is C21H19NO4S. The van der Waals surface area contributed by atoms with Gasteiger partial charge in [0.2, 0.25) is 0 Å². The van der Waals surface area contributed by atoms with Crippen molar-refractivity contribution in [3.63, 3.8) is 0 Å². The molecule has 5 nitrogen and oxygen atoms in total. The molecule has 0 saturated carbocycles. The molecule has 0 spiro atoms. The molecule has 138 valence electrons. The molecule has 2 aromatic rings. The van der Waals surface area contributed by atoms with E-state index in [2.05, 4.69) is 4.99 Å². The van der Waals surface area contributed by atoms with Crippen molar-refractivity contribution in [1.29, 1.82) is 0 Å². The molecule has 1 N–H and O–H groups in total. The minimum Gasteiger partial charge on any atom is -0.506 e. The number of nitrogens with zero attached hydrogens (tertiary/aromatic N) is 1. The van der Waals surface area contributed by atoms with E-state index in [4.69, 9.17) is 9.47 Å². The highest BCUT2D eigenvalue weighted by Gasteiger charge is 2.33. The molecule has 6 heteroatoms. The van der Waals surface area contributed by atoms with Crippen molar-refractivity contribution in [1.82, 2.24) is 0 Å². The molecule has 0 unspecified atom stereocenters. The minimum absolute atomic E-state index is 0.0758. The number of rotatable bonds is 5. The Morgan fingerprint density at radius 1 is 1.15 bits per heavy atom. The Bertz CT molecular complexity index is 932. The number of hydrogen-bond acceptors (Lipinski definition) is 6. The SMILES string of the molecule is CCOC(=O)C1=C(O)/C(=C/c2ccccc2OC)SC1=Nc1ccccc1. The molecule has 0 fully saturated rings. The molecule has 1 heterocycles. The number of esters is 1. The number of para-hydroxylation sites is 2. The molecule has 0 saturated heterocycles. The molecule has 0 atom stereocenters. The van der Waals surface area contributed by atoms with E-state index in [1.807, 2.05) is 54.6 Å². The van der Waals surface area contributed by atoms with Crippen molar-refractivity contribution in [2.24, 2.45) is 4.99 Å². The van der Waals surface area contributed by atoms with Crippen molar-refractivity contribution >= 4 is 34.5 Å². The van der Waals surface area contributed by atoms with Gasteiger partial charge in [0.05, 0.1) is 24.3 Å². The Hall–Kier alpha value is -2.99. The maximum atomic E-state index is 12.4. The van der Waals surface area contributed by atoms with Gasteiger partial charge in [-0.1, -0.05) is 48.2 Å². The summed E-state index contributed by atoms with van der Waals surface area (Å²) < 4.78 is 10.5. The number of benzene rings is 2. The van der Waals surface area contributed by atoms with Crippen LogP contribution < -0.4 is 4.74 Å². The smallest absolute Gasteiger partial charge is 0.344 e. The third kappa shape index (κ3) is 4.23. The summed E-state index contributed by atoms with van der Waals surface area (Å²) in [5.41, 5.74) is 1.55. The van der Waals surface area contributed by atoms with Crippen LogP contribution >= 0.6 is 11.8 Å². The minimum atomic E-state index is -0.597. The second-order valence-corrected chi connectivity index (χ2v) is 6.58. The monoisotopic (exact) mass is 381 g/mol. The standard InChI is InChI=1S/C21H19NO4S/c1-3-26-21(24)18-19(23)17(13-14-9-7-8-12-16(14)25-2)27-20(18)22-15-10-5-4-6-11-15/h4-13,23H,3H2,1-2H3/b17-13-,22-20?. The number of carbonyl (C=O) groups is 1. The summed E-state index contributed by atoms with van der Waals surface area (Å²) in [5, 5.41) is 11.1. The zero-order valence-corrected chi connectivity index (χ0v) is 15.8. The van der Waals surface area contributed by atoms with Crippen LogP contribution in [0.25, 0.3) is 6.08 Å². The Labute approximate surface area is 162 Å². The molecule has 1 aliphatic heterocycles. The highest BCUT2D eigenvalue weighted by molar-refractivity contribution is 8.18. The molecule has 3 rings (SSSR count). The number of ether oxygens (including phenoxy) is 2. The van der Waals surface area contributed by atoms with Gasteiger partial charge < -0.3 is 14.6 Å². The summed E-state index contributed by atoms with van der Waals surface area (Å²) in [5.74, 6) is -0.0656. The van der Waals surface area contributed by atoms with E-state index >= 15 is 0 Å². The number of methoxy groups -OCH3 is 1. The maximum Gasteiger partial charge on any atom is 0.344 e. The van der Waals surface area contributed by atoms with Gasteiger partial charge >= 0.3 is 5.97 Å². The lowest BCUT2D eigenvalue weighted by Crippen LogP contribution is -2.12. The third-order valence-corrected chi connectivity index (χ3v) is 4.80. The first-order valence-electron chi connectivity index (χ1n) is 8.41. The van der Waals surface area contributed by atoms with Crippen molar-refractivity contribution in [3.05, 3.63) is 76.4 Å². The summed E-state index contributed by atoms with van der Waals surface area (Å²) in [6.45, 7) is 1.93. The number of aliphatic hydroxyl groups excluding tert-OH is 1. The Balaban J connectivity index is 2.06. The van der Waals surface area contributed by atoms with Crippen molar-refractivity contribution < 1.29 is 19.4 Å². The van der Waals surface area contributed by atoms with Gasteiger partial charge in [-0.15, -0.1) is 0 Å². The van der Waals surface area contributed by atoms with Gasteiger partial charge in [0.25, 0.3) is 0 Å². The van der Waals surface area contributed by atoms with Crippen LogP contribution in [0.15, 0.2) is 75.8 Å². The maximum absolute atomic E-state index is 12.4. The summed E-state index contributed by atoms with van der Waals surface area (Å²) >= 11 is 1.22. The lowest BCUT2D eigenvalue weighted by Gasteiger charge is -2.05. The van der Waals surface area contributed by atoms with Crippen LogP contribution in [0.1, 0.15) is 12.5 Å². The van der Waals surface area contributed by atoms with Crippen LogP contribution in [0.2, 0.25) is 0 Å². The highest BCUT2D eigenvalue weighted by atomic mass is 32.2. The third-order valence-electron chi connectivity index (χ3n) is 3.78. The first-order chi connectivity index (χ1) is 13.1. The summed E-state index contributed by atoms with van der Waals surface area (Å²) in [6, 6.07) is 16.7. The highest BCUT2D eigenvalue weighted by Crippen LogP contribution is 2.41. The predicted molar refractivity (Wildman–Crippen MR) is 108 cm³/mol. The number of carbonyl (C=O) groups excluding carboxylic acids is 1. The Kier molecular flexibility index (Phi) is 5.98. The fourth-order valence-corrected chi connectivity index (χ4v) is 3.56. The second kappa shape index (κ2) is 8.60. The number of aliphatic imine (C=N–C) groups is 1.